The molecule has 1 unspecified atom stereocenters. The summed E-state index contributed by atoms with van der Waals surface area (Å²) < 4.78 is 72.8. The predicted octanol–water partition coefficient (Wildman–Crippen LogP) is -19.2. The lowest BCUT2D eigenvalue weighted by Crippen LogP contribution is -2.71. The number of carbonyl (C=O) groups excluding carboxylic acids is 2. The molecule has 50 heteroatoms. The maximum absolute atomic E-state index is 13.4. The Morgan fingerprint density at radius 1 is 0.398 bits per heavy atom. The number of hydrogen-bond donors (Lipinski definition) is 31. The smallest absolute Gasteiger partial charge is 0.364 e. The highest BCUT2D eigenvalue weighted by Crippen LogP contribution is 2.43. The van der Waals surface area contributed by atoms with E-state index in [1.165, 1.54) is 0 Å². The van der Waals surface area contributed by atoms with Crippen LogP contribution in [0.4, 0.5) is 0 Å². The van der Waals surface area contributed by atoms with Gasteiger partial charge in [0.15, 0.2) is 18.9 Å². The van der Waals surface area contributed by atoms with E-state index in [9.17, 15) is 177 Å². The lowest BCUT2D eigenvalue weighted by molar-refractivity contribution is -0.388. The fraction of sp³-hybridized carbons (Fsp3) is 0.897. The van der Waals surface area contributed by atoms with Gasteiger partial charge in [0.25, 0.3) is 23.1 Å². The number of ether oxygens (including phenoxy) is 13. The Bertz CT molecular complexity index is 2990. The molecule has 0 bridgehead atoms. The normalized spacial score (nSPS) is 44.1. The third-order valence-corrected chi connectivity index (χ3v) is 19.3. The van der Waals surface area contributed by atoms with Gasteiger partial charge in [-0.05, 0) is 0 Å². The first-order valence-corrected chi connectivity index (χ1v) is 33.2. The average Bonchev–Trinajstić information content (AvgIpc) is 0.763. The molecule has 0 radical (unpaired) electrons. The van der Waals surface area contributed by atoms with Crippen molar-refractivity contribution in [2.45, 2.75) is 277 Å². The van der Waals surface area contributed by atoms with Gasteiger partial charge in [0.1, 0.15) is 171 Å². The summed E-state index contributed by atoms with van der Waals surface area (Å²) in [4.78, 5) is 78.2. The van der Waals surface area contributed by atoms with Crippen LogP contribution in [0.3, 0.4) is 0 Å². The van der Waals surface area contributed by atoms with E-state index in [1.807, 2.05) is 0 Å². The summed E-state index contributed by atoms with van der Waals surface area (Å²) in [5, 5.41) is 318. The molecule has 624 valence electrons. The number of hydrogen-bond acceptors (Lipinski definition) is 44. The highest BCUT2D eigenvalue weighted by molar-refractivity contribution is 5.78. The van der Waals surface area contributed by atoms with Crippen molar-refractivity contribution >= 4 is 35.7 Å². The minimum absolute atomic E-state index is 0.851. The van der Waals surface area contributed by atoms with Crippen LogP contribution in [0.25, 0.3) is 0 Å². The van der Waals surface area contributed by atoms with Crippen LogP contribution in [0.2, 0.25) is 0 Å². The van der Waals surface area contributed by atoms with Crippen molar-refractivity contribution in [1.82, 2.24) is 10.6 Å². The monoisotopic (exact) mass is 1590 g/mol. The topological polar surface area (TPSA) is 833 Å². The van der Waals surface area contributed by atoms with E-state index in [1.54, 1.807) is 0 Å². The Morgan fingerprint density at radius 3 is 1.12 bits per heavy atom. The summed E-state index contributed by atoms with van der Waals surface area (Å²) in [5.74, 6) is -24.8. The molecular weight excluding hydrogens is 1490 g/mol. The van der Waals surface area contributed by atoms with Crippen molar-refractivity contribution in [2.24, 2.45) is 0 Å². The van der Waals surface area contributed by atoms with Crippen LogP contribution < -0.4 is 10.6 Å². The van der Waals surface area contributed by atoms with Crippen LogP contribution in [0.15, 0.2) is 0 Å². The lowest BCUT2D eigenvalue weighted by Gasteiger charge is -2.51. The molecule has 7 saturated heterocycles. The Hall–Kier alpha value is -4.70. The van der Waals surface area contributed by atoms with Crippen LogP contribution in [-0.2, 0) is 90.3 Å². The molecule has 0 aromatic rings. The van der Waals surface area contributed by atoms with Crippen molar-refractivity contribution in [3.05, 3.63) is 0 Å². The zero-order valence-corrected chi connectivity index (χ0v) is 56.7. The number of aliphatic hydroxyl groups is 25. The summed E-state index contributed by atoms with van der Waals surface area (Å²) in [6.07, 6.45) is -83.9. The summed E-state index contributed by atoms with van der Waals surface area (Å²) in [7, 11) is 0. The summed E-state index contributed by atoms with van der Waals surface area (Å²) in [5.41, 5.74) is 0. The molecule has 0 aliphatic carbocycles. The molecule has 0 aromatic carbocycles. The van der Waals surface area contributed by atoms with Crippen molar-refractivity contribution in [2.75, 3.05) is 46.2 Å². The molecule has 7 aliphatic heterocycles. The number of carboxylic acids is 4. The molecule has 2 amide bonds. The number of rotatable bonds is 33. The standard InChI is InChI=1S/C58H94N2O48/c1-14(67)59-27-41(100-49-28(60-15(2)68)42(35(81)22(9-63)98-49)101-50-40(86)47(36(82)23(10-64)99-50)108-58(54(94)95)6-19(72)30(76)44(106-58)34(80)21(74)8-62)39(85)26(97-48(27)87)13-96-55(51(88)89)3-16(69)31(77)45(104-55)37(83)24(11-65)103-57(53(92)93)5-18(71)32(78)46(107-57)38(84)25(12-66)102-56(52(90)91)4-17(70)29(75)43(105-56)33(79)20(73)7-61/h16-50,61-66,69-87H,3-13H2,1-2H3,(H,59,67)(H,60,68)(H,88,89)(H,90,91)(H,92,93)(H,94,95)/t16-,17-,18-,19-,20+,21+,22+,23+,24+,25+,26+,27+,28+,29+,30+,31+,32+,33+,34+,35-,36-,37+,38+,39-,40+,41+,42+,43+,44+,45+,46+,47-,48?,49+,50-,55+,56+,57+,58-/m0/s1. The molecule has 108 heavy (non-hydrogen) atoms. The van der Waals surface area contributed by atoms with Gasteiger partial charge < -0.3 is 220 Å². The molecule has 50 nitrogen and oxygen atoms in total. The van der Waals surface area contributed by atoms with Gasteiger partial charge in [-0.2, -0.15) is 0 Å². The molecule has 7 aliphatic rings. The summed E-state index contributed by atoms with van der Waals surface area (Å²) in [6.45, 7) is -7.84. The zero-order chi connectivity index (χ0) is 81.1. The van der Waals surface area contributed by atoms with Crippen LogP contribution in [0, 0.1) is 0 Å². The van der Waals surface area contributed by atoms with Gasteiger partial charge in [-0.1, -0.05) is 0 Å². The number of nitrogens with one attached hydrogen (secondary N) is 2. The molecule has 7 heterocycles. The minimum Gasteiger partial charge on any atom is -0.477 e. The van der Waals surface area contributed by atoms with Crippen molar-refractivity contribution in [1.29, 1.82) is 0 Å². The van der Waals surface area contributed by atoms with Gasteiger partial charge in [0, 0.05) is 39.5 Å². The van der Waals surface area contributed by atoms with Crippen molar-refractivity contribution < 1.29 is 238 Å². The Kier molecular flexibility index (Phi) is 31.1. The van der Waals surface area contributed by atoms with E-state index < -0.39 is 345 Å². The van der Waals surface area contributed by atoms with E-state index in [-0.39, 0.29) is 0 Å². The fourth-order valence-electron chi connectivity index (χ4n) is 13.4. The van der Waals surface area contributed by atoms with Gasteiger partial charge in [0.2, 0.25) is 11.8 Å². The lowest BCUT2D eigenvalue weighted by atomic mass is 9.89. The number of amides is 2. The second-order valence-electron chi connectivity index (χ2n) is 26.8. The molecule has 7 fully saturated rings. The van der Waals surface area contributed by atoms with Crippen LogP contribution in [0.5, 0.6) is 0 Å². The van der Waals surface area contributed by atoms with Gasteiger partial charge in [-0.25, -0.2) is 19.2 Å². The van der Waals surface area contributed by atoms with Crippen molar-refractivity contribution in [3.63, 3.8) is 0 Å². The third kappa shape index (κ3) is 18.9. The van der Waals surface area contributed by atoms with Crippen molar-refractivity contribution in [3.8, 4) is 0 Å². The van der Waals surface area contributed by atoms with Gasteiger partial charge in [-0.3, -0.25) is 9.59 Å². The molecule has 0 spiro atoms. The van der Waals surface area contributed by atoms with Crippen LogP contribution in [-0.4, -0.2) is 467 Å². The first-order chi connectivity index (χ1) is 50.4. The summed E-state index contributed by atoms with van der Waals surface area (Å²) >= 11 is 0. The van der Waals surface area contributed by atoms with E-state index in [2.05, 4.69) is 10.6 Å². The predicted molar refractivity (Wildman–Crippen MR) is 324 cm³/mol. The average molecular weight is 1590 g/mol. The van der Waals surface area contributed by atoms with Crippen LogP contribution >= 0.6 is 0 Å². The first-order valence-electron chi connectivity index (χ1n) is 33.2. The molecule has 7 rings (SSSR count). The Morgan fingerprint density at radius 2 is 0.731 bits per heavy atom. The molecular formula is C58H94N2O48. The fourth-order valence-corrected chi connectivity index (χ4v) is 13.4. The summed E-state index contributed by atoms with van der Waals surface area (Å²) in [6, 6.07) is -4.10. The van der Waals surface area contributed by atoms with Gasteiger partial charge >= 0.3 is 23.9 Å². The molecule has 31 N–H and O–H groups in total. The van der Waals surface area contributed by atoms with E-state index in [4.69, 9.17) is 61.6 Å². The number of carboxylic acid groups (broad SMARTS) is 4. The number of carbonyl (C=O) groups is 6. The van der Waals surface area contributed by atoms with Gasteiger partial charge in [-0.15, -0.1) is 0 Å². The largest absolute Gasteiger partial charge is 0.477 e. The Labute approximate surface area is 606 Å². The SMILES string of the molecule is CC(=O)N[C@H]1[C@@H](O[C@H]2[C@@H](O)[C@@H](CO[C@]3(C(=O)O)C[C@H](O)[C@@H](O)[C@H]([C@H](O)[C@@H](CO)O[C@]4(C(=O)O)C[C@H](O)[C@@H](O)[C@H]([C@H](O)[C@@H](CO)O[C@]5(C(=O)O)C[C@H](O)[C@@H](O)[C@H]([C@H](O)[C@H](O)CO)O5)O4)O3)OC(O)[C@@H]2NC(C)=O)O[C@H](CO)[C@H](O)[C@@H]1O[C@@H]1O[C@H](CO)[C@H](O)[C@H](O[C@]2(C(=O)O)C[C@H](O)[C@@H](O)[C@H]([C@H](O)[C@H](O)CO)O2)[C@H]1O. The molecule has 39 atom stereocenters. The maximum atomic E-state index is 13.4. The van der Waals surface area contributed by atoms with E-state index in [0.717, 1.165) is 13.8 Å². The maximum Gasteiger partial charge on any atom is 0.364 e. The molecule has 0 aromatic heterocycles. The van der Waals surface area contributed by atoms with E-state index >= 15 is 0 Å². The van der Waals surface area contributed by atoms with Gasteiger partial charge in [0.05, 0.1) is 70.7 Å². The quantitative estimate of drug-likeness (QED) is 0.0290. The number of aliphatic carboxylic acids is 4. The van der Waals surface area contributed by atoms with Crippen LogP contribution in [0.1, 0.15) is 39.5 Å². The number of aliphatic hydroxyl groups excluding tert-OH is 25. The first kappa shape index (κ1) is 90.5. The molecule has 0 saturated carbocycles. The second-order valence-corrected chi connectivity index (χ2v) is 26.8. The minimum atomic E-state index is -3.59. The zero-order valence-electron chi connectivity index (χ0n) is 56.7. The highest BCUT2D eigenvalue weighted by atomic mass is 16.8. The van der Waals surface area contributed by atoms with E-state index in [0.29, 0.717) is 0 Å². The Balaban J connectivity index is 1.13. The third-order valence-electron chi connectivity index (χ3n) is 19.3. The highest BCUT2D eigenvalue weighted by Gasteiger charge is 2.65. The second kappa shape index (κ2) is 37.1.